The lowest BCUT2D eigenvalue weighted by Crippen LogP contribution is -2.43. The van der Waals surface area contributed by atoms with Crippen LogP contribution >= 0.6 is 11.3 Å². The zero-order chi connectivity index (χ0) is 17.5. The average Bonchev–Trinajstić information content (AvgIpc) is 3.10. The quantitative estimate of drug-likeness (QED) is 0.735. The summed E-state index contributed by atoms with van der Waals surface area (Å²) in [6, 6.07) is 8.97. The van der Waals surface area contributed by atoms with E-state index < -0.39 is 0 Å². The first-order valence-electron chi connectivity index (χ1n) is 9.40. The van der Waals surface area contributed by atoms with Crippen LogP contribution in [0.5, 0.6) is 0 Å². The second-order valence-electron chi connectivity index (χ2n) is 6.92. The minimum absolute atomic E-state index is 1.01. The number of nitrogens with one attached hydrogen (secondary N) is 1. The third kappa shape index (κ3) is 5.61. The Morgan fingerprint density at radius 2 is 1.84 bits per heavy atom. The third-order valence-corrected chi connectivity index (χ3v) is 5.68. The van der Waals surface area contributed by atoms with Gasteiger partial charge in [0.25, 0.3) is 0 Å². The van der Waals surface area contributed by atoms with Gasteiger partial charge in [-0.25, -0.2) is 4.98 Å². The Bertz CT molecular complexity index is 629. The predicted molar refractivity (Wildman–Crippen MR) is 107 cm³/mol. The molecule has 0 saturated carbocycles. The van der Waals surface area contributed by atoms with E-state index in [0.717, 1.165) is 31.1 Å². The molecule has 2 aromatic rings. The monoisotopic (exact) mass is 358 g/mol. The third-order valence-electron chi connectivity index (χ3n) is 4.74. The van der Waals surface area contributed by atoms with Gasteiger partial charge in [0.2, 0.25) is 0 Å². The highest BCUT2D eigenvalue weighted by molar-refractivity contribution is 7.13. The Labute approximate surface area is 155 Å². The van der Waals surface area contributed by atoms with Crippen LogP contribution in [0, 0.1) is 0 Å². The van der Waals surface area contributed by atoms with Crippen molar-refractivity contribution in [1.82, 2.24) is 20.1 Å². The van der Waals surface area contributed by atoms with E-state index in [0.29, 0.717) is 0 Å². The van der Waals surface area contributed by atoms with Crippen LogP contribution < -0.4 is 5.32 Å². The second kappa shape index (κ2) is 9.43. The van der Waals surface area contributed by atoms with E-state index in [-0.39, 0.29) is 0 Å². The predicted octanol–water partition coefficient (Wildman–Crippen LogP) is 3.10. The molecule has 1 N–H and O–H groups in total. The van der Waals surface area contributed by atoms with Gasteiger partial charge in [-0.15, -0.1) is 11.3 Å². The van der Waals surface area contributed by atoms with Crippen molar-refractivity contribution in [1.29, 1.82) is 0 Å². The summed E-state index contributed by atoms with van der Waals surface area (Å²) in [5.41, 5.74) is 3.83. The lowest BCUT2D eigenvalue weighted by molar-refractivity contribution is 0.148. The number of likely N-dealkylation sites (N-methyl/N-ethyl adjacent to an activating group) is 1. The van der Waals surface area contributed by atoms with Gasteiger partial charge < -0.3 is 10.2 Å². The molecule has 0 atom stereocenters. The largest absolute Gasteiger partial charge is 0.316 e. The molecule has 2 heterocycles. The standard InChI is InChI=1S/C20H30N4S/c1-3-9-21-10-8-19-16-25-20(22-19)18-6-4-17(5-7-18)15-24-13-11-23(2)12-14-24/h4-7,16,21H,3,8-15H2,1-2H3. The molecule has 25 heavy (non-hydrogen) atoms. The zero-order valence-corrected chi connectivity index (χ0v) is 16.3. The van der Waals surface area contributed by atoms with E-state index in [9.17, 15) is 0 Å². The van der Waals surface area contributed by atoms with E-state index in [1.54, 1.807) is 11.3 Å². The first kappa shape index (κ1) is 18.5. The van der Waals surface area contributed by atoms with Crippen molar-refractivity contribution in [2.24, 2.45) is 0 Å². The van der Waals surface area contributed by atoms with Gasteiger partial charge >= 0.3 is 0 Å². The fourth-order valence-corrected chi connectivity index (χ4v) is 3.95. The Hall–Kier alpha value is -1.27. The van der Waals surface area contributed by atoms with Crippen LogP contribution in [0.25, 0.3) is 10.6 Å². The molecule has 1 saturated heterocycles. The number of nitrogens with zero attached hydrogens (tertiary/aromatic N) is 3. The summed E-state index contributed by atoms with van der Waals surface area (Å²) >= 11 is 1.75. The molecule has 1 aromatic heterocycles. The smallest absolute Gasteiger partial charge is 0.123 e. The Kier molecular flexibility index (Phi) is 6.99. The van der Waals surface area contributed by atoms with Crippen molar-refractivity contribution in [3.8, 4) is 10.6 Å². The Morgan fingerprint density at radius 1 is 1.08 bits per heavy atom. The summed E-state index contributed by atoms with van der Waals surface area (Å²) in [7, 11) is 2.20. The SMILES string of the molecule is CCCNCCc1csc(-c2ccc(CN3CCN(C)CC3)cc2)n1. The summed E-state index contributed by atoms with van der Waals surface area (Å²) < 4.78 is 0. The van der Waals surface area contributed by atoms with E-state index in [1.165, 1.54) is 49.4 Å². The highest BCUT2D eigenvalue weighted by atomic mass is 32.1. The van der Waals surface area contributed by atoms with Crippen LogP contribution in [0.3, 0.4) is 0 Å². The fraction of sp³-hybridized carbons (Fsp3) is 0.550. The van der Waals surface area contributed by atoms with Gasteiger partial charge in [-0.1, -0.05) is 31.2 Å². The summed E-state index contributed by atoms with van der Waals surface area (Å²) in [5, 5.41) is 6.77. The molecule has 1 aliphatic rings. The van der Waals surface area contributed by atoms with Crippen LogP contribution in [-0.4, -0.2) is 61.1 Å². The zero-order valence-electron chi connectivity index (χ0n) is 15.5. The Morgan fingerprint density at radius 3 is 2.56 bits per heavy atom. The molecule has 136 valence electrons. The van der Waals surface area contributed by atoms with E-state index >= 15 is 0 Å². The molecule has 3 rings (SSSR count). The minimum Gasteiger partial charge on any atom is -0.316 e. The van der Waals surface area contributed by atoms with Gasteiger partial charge in [-0.3, -0.25) is 4.90 Å². The molecule has 0 radical (unpaired) electrons. The fourth-order valence-electron chi connectivity index (χ4n) is 3.09. The van der Waals surface area contributed by atoms with Crippen LogP contribution in [-0.2, 0) is 13.0 Å². The molecule has 4 nitrogen and oxygen atoms in total. The molecule has 1 fully saturated rings. The topological polar surface area (TPSA) is 31.4 Å². The first-order valence-corrected chi connectivity index (χ1v) is 10.3. The molecule has 0 bridgehead atoms. The van der Waals surface area contributed by atoms with Crippen molar-refractivity contribution in [3.63, 3.8) is 0 Å². The van der Waals surface area contributed by atoms with Crippen LogP contribution in [0.2, 0.25) is 0 Å². The molecule has 5 heteroatoms. The molecule has 0 unspecified atom stereocenters. The van der Waals surface area contributed by atoms with Crippen molar-refractivity contribution < 1.29 is 0 Å². The molecule has 1 aromatic carbocycles. The highest BCUT2D eigenvalue weighted by Gasteiger charge is 2.14. The maximum absolute atomic E-state index is 4.79. The molecule has 1 aliphatic heterocycles. The number of hydrogen-bond acceptors (Lipinski definition) is 5. The lowest BCUT2D eigenvalue weighted by Gasteiger charge is -2.32. The molecule has 0 spiro atoms. The van der Waals surface area contributed by atoms with Gasteiger partial charge in [0.15, 0.2) is 0 Å². The summed E-state index contributed by atoms with van der Waals surface area (Å²) in [4.78, 5) is 9.74. The molecule has 0 amide bonds. The van der Waals surface area contributed by atoms with Gasteiger partial charge in [0.05, 0.1) is 5.69 Å². The molecular formula is C20H30N4S. The normalized spacial score (nSPS) is 16.4. The summed E-state index contributed by atoms with van der Waals surface area (Å²) in [6.45, 7) is 10.0. The number of aromatic nitrogens is 1. The van der Waals surface area contributed by atoms with Crippen molar-refractivity contribution in [3.05, 3.63) is 40.9 Å². The minimum atomic E-state index is 1.01. The van der Waals surface area contributed by atoms with Crippen molar-refractivity contribution in [2.45, 2.75) is 26.3 Å². The average molecular weight is 359 g/mol. The number of piperazine rings is 1. The Balaban J connectivity index is 1.52. The first-order chi connectivity index (χ1) is 12.2. The van der Waals surface area contributed by atoms with Crippen molar-refractivity contribution >= 4 is 11.3 Å². The number of hydrogen-bond donors (Lipinski definition) is 1. The molecular weight excluding hydrogens is 328 g/mol. The van der Waals surface area contributed by atoms with E-state index in [4.69, 9.17) is 4.98 Å². The van der Waals surface area contributed by atoms with Crippen LogP contribution in [0.15, 0.2) is 29.6 Å². The maximum atomic E-state index is 4.79. The van der Waals surface area contributed by atoms with Gasteiger partial charge in [-0.05, 0) is 25.6 Å². The summed E-state index contributed by atoms with van der Waals surface area (Å²) in [5.74, 6) is 0. The highest BCUT2D eigenvalue weighted by Crippen LogP contribution is 2.24. The van der Waals surface area contributed by atoms with E-state index in [2.05, 4.69) is 58.7 Å². The second-order valence-corrected chi connectivity index (χ2v) is 7.78. The van der Waals surface area contributed by atoms with Gasteiger partial charge in [0, 0.05) is 56.6 Å². The van der Waals surface area contributed by atoms with Crippen LogP contribution in [0.1, 0.15) is 24.6 Å². The van der Waals surface area contributed by atoms with E-state index in [1.807, 2.05) is 0 Å². The van der Waals surface area contributed by atoms with Gasteiger partial charge in [0.1, 0.15) is 5.01 Å². The maximum Gasteiger partial charge on any atom is 0.123 e. The van der Waals surface area contributed by atoms with Crippen LogP contribution in [0.4, 0.5) is 0 Å². The number of benzene rings is 1. The summed E-state index contributed by atoms with van der Waals surface area (Å²) in [6.07, 6.45) is 2.20. The molecule has 0 aliphatic carbocycles. The van der Waals surface area contributed by atoms with Gasteiger partial charge in [-0.2, -0.15) is 0 Å². The number of thiazole rings is 1. The van der Waals surface area contributed by atoms with Crippen molar-refractivity contribution in [2.75, 3.05) is 46.3 Å². The lowest BCUT2D eigenvalue weighted by atomic mass is 10.1. The number of rotatable bonds is 8.